The fraction of sp³-hybridized carbons (Fsp3) is 0.633. The normalized spacial score (nSPS) is 24.6. The van der Waals surface area contributed by atoms with E-state index in [-0.39, 0.29) is 11.4 Å². The first-order valence-corrected chi connectivity index (χ1v) is 14.2. The van der Waals surface area contributed by atoms with Gasteiger partial charge in [-0.25, -0.2) is 9.97 Å². The topological polar surface area (TPSA) is 64.6 Å². The van der Waals surface area contributed by atoms with Gasteiger partial charge in [0.1, 0.15) is 6.33 Å². The maximum absolute atomic E-state index is 13.3. The molecule has 1 N–H and O–H groups in total. The number of piperazine rings is 1. The van der Waals surface area contributed by atoms with Crippen LogP contribution in [0.15, 0.2) is 36.7 Å². The third-order valence-corrected chi connectivity index (χ3v) is 9.34. The molecule has 5 rings (SSSR count). The largest absolute Gasteiger partial charge is 0.338 e. The Morgan fingerprint density at radius 3 is 2.27 bits per heavy atom. The predicted molar refractivity (Wildman–Crippen MR) is 148 cm³/mol. The number of amides is 1. The number of rotatable bonds is 5. The molecule has 2 aromatic rings. The van der Waals surface area contributed by atoms with Crippen LogP contribution in [0.25, 0.3) is 0 Å². The van der Waals surface area contributed by atoms with Crippen molar-refractivity contribution >= 4 is 5.91 Å². The second-order valence-electron chi connectivity index (χ2n) is 11.7. The van der Waals surface area contributed by atoms with Gasteiger partial charge in [-0.05, 0) is 77.9 Å². The fourth-order valence-corrected chi connectivity index (χ4v) is 6.99. The highest BCUT2D eigenvalue weighted by Crippen LogP contribution is 2.38. The third kappa shape index (κ3) is 5.45. The first-order chi connectivity index (χ1) is 17.9. The van der Waals surface area contributed by atoms with Crippen LogP contribution in [0.5, 0.6) is 0 Å². The first kappa shape index (κ1) is 26.3. The molecule has 2 atom stereocenters. The lowest BCUT2D eigenvalue weighted by Gasteiger charge is -2.54. The van der Waals surface area contributed by atoms with E-state index >= 15 is 0 Å². The molecule has 0 radical (unpaired) electrons. The van der Waals surface area contributed by atoms with Crippen molar-refractivity contribution in [3.63, 3.8) is 0 Å². The maximum atomic E-state index is 13.3. The van der Waals surface area contributed by atoms with Crippen LogP contribution in [0.2, 0.25) is 0 Å². The van der Waals surface area contributed by atoms with E-state index in [2.05, 4.69) is 69.3 Å². The number of benzene rings is 1. The van der Waals surface area contributed by atoms with E-state index in [9.17, 15) is 4.79 Å². The van der Waals surface area contributed by atoms with Gasteiger partial charge < -0.3 is 10.2 Å². The van der Waals surface area contributed by atoms with Crippen molar-refractivity contribution in [2.45, 2.75) is 71.0 Å². The zero-order valence-corrected chi connectivity index (χ0v) is 23.1. The van der Waals surface area contributed by atoms with E-state index in [0.717, 1.165) is 70.0 Å². The van der Waals surface area contributed by atoms with E-state index in [4.69, 9.17) is 0 Å². The molecule has 1 aromatic carbocycles. The van der Waals surface area contributed by atoms with Crippen LogP contribution in [-0.2, 0) is 0 Å². The summed E-state index contributed by atoms with van der Waals surface area (Å²) in [6.45, 7) is 15.8. The van der Waals surface area contributed by atoms with Gasteiger partial charge in [0, 0.05) is 50.3 Å². The molecule has 3 saturated heterocycles. The molecule has 0 saturated carbocycles. The SMILES string of the molecule is Cc1ncnc(C)c1C(=O)N1CCC(C)(N2CCN(C(c3ccccc3)C3CCNCC3)C(C)C2)CC1. The second-order valence-corrected chi connectivity index (χ2v) is 11.7. The Labute approximate surface area is 222 Å². The molecule has 3 aliphatic rings. The highest BCUT2D eigenvalue weighted by molar-refractivity contribution is 5.96. The molecule has 0 spiro atoms. The van der Waals surface area contributed by atoms with Crippen molar-refractivity contribution in [3.05, 3.63) is 59.2 Å². The molecule has 0 bridgehead atoms. The van der Waals surface area contributed by atoms with Crippen molar-refractivity contribution in [2.75, 3.05) is 45.8 Å². The first-order valence-electron chi connectivity index (χ1n) is 14.2. The van der Waals surface area contributed by atoms with Crippen LogP contribution < -0.4 is 5.32 Å². The highest BCUT2D eigenvalue weighted by atomic mass is 16.2. The van der Waals surface area contributed by atoms with Gasteiger partial charge in [-0.2, -0.15) is 0 Å². The Kier molecular flexibility index (Phi) is 7.93. The van der Waals surface area contributed by atoms with E-state index in [1.807, 2.05) is 18.7 Å². The summed E-state index contributed by atoms with van der Waals surface area (Å²) in [6, 6.07) is 12.2. The lowest BCUT2D eigenvalue weighted by atomic mass is 9.82. The Morgan fingerprint density at radius 1 is 1.00 bits per heavy atom. The Morgan fingerprint density at radius 2 is 1.65 bits per heavy atom. The number of likely N-dealkylation sites (tertiary alicyclic amines) is 1. The van der Waals surface area contributed by atoms with Crippen molar-refractivity contribution in [1.29, 1.82) is 0 Å². The van der Waals surface area contributed by atoms with Crippen molar-refractivity contribution in [3.8, 4) is 0 Å². The van der Waals surface area contributed by atoms with Gasteiger partial charge in [-0.15, -0.1) is 0 Å². The Hall–Kier alpha value is -2.35. The summed E-state index contributed by atoms with van der Waals surface area (Å²) in [4.78, 5) is 29.4. The molecule has 7 heteroatoms. The monoisotopic (exact) mass is 504 g/mol. The maximum Gasteiger partial charge on any atom is 0.257 e. The third-order valence-electron chi connectivity index (χ3n) is 9.34. The number of aryl methyl sites for hydroxylation is 2. The molecule has 3 aliphatic heterocycles. The van der Waals surface area contributed by atoms with Gasteiger partial charge in [0.15, 0.2) is 0 Å². The predicted octanol–water partition coefficient (Wildman–Crippen LogP) is 3.84. The molecule has 7 nitrogen and oxygen atoms in total. The van der Waals surface area contributed by atoms with Gasteiger partial charge in [-0.1, -0.05) is 30.3 Å². The van der Waals surface area contributed by atoms with Gasteiger partial charge in [0.25, 0.3) is 5.91 Å². The summed E-state index contributed by atoms with van der Waals surface area (Å²) in [6.07, 6.45) is 6.06. The summed E-state index contributed by atoms with van der Waals surface area (Å²) < 4.78 is 0. The smallest absolute Gasteiger partial charge is 0.257 e. The van der Waals surface area contributed by atoms with E-state index in [1.165, 1.54) is 18.4 Å². The molecule has 200 valence electrons. The van der Waals surface area contributed by atoms with Gasteiger partial charge in [0.2, 0.25) is 0 Å². The van der Waals surface area contributed by atoms with Crippen LogP contribution in [0.3, 0.4) is 0 Å². The summed E-state index contributed by atoms with van der Waals surface area (Å²) in [5.74, 6) is 0.792. The summed E-state index contributed by atoms with van der Waals surface area (Å²) in [5, 5.41) is 3.56. The van der Waals surface area contributed by atoms with Gasteiger partial charge in [-0.3, -0.25) is 14.6 Å². The minimum absolute atomic E-state index is 0.0866. The average molecular weight is 505 g/mol. The summed E-state index contributed by atoms with van der Waals surface area (Å²) >= 11 is 0. The molecular weight excluding hydrogens is 460 g/mol. The molecule has 1 amide bonds. The van der Waals surface area contributed by atoms with Crippen molar-refractivity contribution < 1.29 is 4.79 Å². The molecule has 0 aliphatic carbocycles. The number of carbonyl (C=O) groups is 1. The number of nitrogens with one attached hydrogen (secondary N) is 1. The highest BCUT2D eigenvalue weighted by Gasteiger charge is 2.42. The van der Waals surface area contributed by atoms with Crippen molar-refractivity contribution in [2.24, 2.45) is 5.92 Å². The van der Waals surface area contributed by atoms with E-state index < -0.39 is 0 Å². The molecular formula is C30H44N6O. The minimum Gasteiger partial charge on any atom is -0.338 e. The van der Waals surface area contributed by atoms with Crippen LogP contribution >= 0.6 is 0 Å². The zero-order valence-electron chi connectivity index (χ0n) is 23.1. The second kappa shape index (κ2) is 11.2. The Bertz CT molecular complexity index is 1040. The molecule has 1 aromatic heterocycles. The van der Waals surface area contributed by atoms with Crippen LogP contribution in [0.4, 0.5) is 0 Å². The quantitative estimate of drug-likeness (QED) is 0.668. The average Bonchev–Trinajstić information content (AvgIpc) is 2.91. The van der Waals surface area contributed by atoms with Crippen LogP contribution in [0, 0.1) is 19.8 Å². The number of hydrogen-bond donors (Lipinski definition) is 1. The summed E-state index contributed by atoms with van der Waals surface area (Å²) in [5.41, 5.74) is 3.84. The Balaban J connectivity index is 1.24. The van der Waals surface area contributed by atoms with Gasteiger partial charge in [0.05, 0.1) is 17.0 Å². The molecule has 2 unspecified atom stereocenters. The van der Waals surface area contributed by atoms with Gasteiger partial charge >= 0.3 is 0 Å². The number of carbonyl (C=O) groups excluding carboxylic acids is 1. The summed E-state index contributed by atoms with van der Waals surface area (Å²) in [7, 11) is 0. The number of aromatic nitrogens is 2. The number of hydrogen-bond acceptors (Lipinski definition) is 6. The standard InChI is InChI=1S/C30H44N6O/c1-22-20-35(18-19-36(22)28(25-8-6-5-7-9-25)26-10-14-31-15-11-26)30(4)12-16-34(17-13-30)29(37)27-23(2)32-21-33-24(27)3/h5-9,21-22,26,28,31H,10-20H2,1-4H3. The fourth-order valence-electron chi connectivity index (χ4n) is 6.99. The molecule has 37 heavy (non-hydrogen) atoms. The van der Waals surface area contributed by atoms with Crippen LogP contribution in [-0.4, -0.2) is 88.0 Å². The number of nitrogens with zero attached hydrogens (tertiary/aromatic N) is 5. The lowest BCUT2D eigenvalue weighted by molar-refractivity contribution is -0.0409. The van der Waals surface area contributed by atoms with Crippen LogP contribution in [0.1, 0.15) is 72.9 Å². The number of piperidine rings is 2. The molecule has 4 heterocycles. The minimum atomic E-state index is 0.0866. The van der Waals surface area contributed by atoms with Crippen molar-refractivity contribution in [1.82, 2.24) is 30.0 Å². The molecule has 3 fully saturated rings. The van der Waals surface area contributed by atoms with E-state index in [1.54, 1.807) is 6.33 Å². The zero-order chi connectivity index (χ0) is 26.0. The lowest BCUT2D eigenvalue weighted by Crippen LogP contribution is -2.62. The van der Waals surface area contributed by atoms with E-state index in [0.29, 0.717) is 23.6 Å².